The molecule has 0 aliphatic carbocycles. The summed E-state index contributed by atoms with van der Waals surface area (Å²) >= 11 is 7.92. The summed E-state index contributed by atoms with van der Waals surface area (Å²) in [5.74, 6) is -0.822. The van der Waals surface area contributed by atoms with Crippen LogP contribution in [0.5, 0.6) is 11.8 Å². The number of anilines is 2. The number of aliphatic hydroxyl groups is 1. The first-order valence-corrected chi connectivity index (χ1v) is 26.1. The molecule has 0 spiro atoms. The van der Waals surface area contributed by atoms with Crippen LogP contribution < -0.4 is 25.7 Å². The maximum atomic E-state index is 17.5. The van der Waals surface area contributed by atoms with Gasteiger partial charge in [0, 0.05) is 58.5 Å². The zero-order valence-electron chi connectivity index (χ0n) is 41.5. The van der Waals surface area contributed by atoms with E-state index >= 15 is 8.78 Å². The summed E-state index contributed by atoms with van der Waals surface area (Å²) < 4.78 is 51.9. The Morgan fingerprint density at radius 2 is 1.87 bits per heavy atom. The summed E-state index contributed by atoms with van der Waals surface area (Å²) in [4.78, 5) is 59.6. The molecular formula is C55H52ClF2N9O7S. The standard InChI is InChI=1S/C55H52ClF2N9O7S/c1-5-32-35-18-31(8-11-42(35)61-47-38(32)23-67-43(47)20-34(30(4)69)39(53(67)71)25-72-27-68)73-24-28(2)52(70)64-16-17-66(29(3)22-64)51-36-19-40(56)45(33-9-10-41(57)49-44(33)37(21-59)50(60)75-49)46(58)48(36)62-54(63-51)74-26-55-12-6-14-65(55)15-7-13-55/h8-11,18-20,27,29-30,69H,2,5-7,12-17,22-26,60H2,1,3-4H3. The molecule has 3 aromatic carbocycles. The second-order valence-corrected chi connectivity index (χ2v) is 21.3. The molecule has 75 heavy (non-hydrogen) atoms. The first kappa shape index (κ1) is 49.9. The molecule has 7 aromatic rings. The van der Waals surface area contributed by atoms with Crippen LogP contribution in [0.2, 0.25) is 5.02 Å². The molecular weight excluding hydrogens is 1000 g/mol. The van der Waals surface area contributed by atoms with Crippen LogP contribution in [0, 0.1) is 23.0 Å². The molecule has 386 valence electrons. The molecule has 4 aliphatic rings. The normalized spacial score (nSPS) is 17.3. The Labute approximate surface area is 438 Å². The van der Waals surface area contributed by atoms with Crippen LogP contribution in [-0.2, 0) is 33.9 Å². The number of nitriles is 1. The van der Waals surface area contributed by atoms with Crippen molar-refractivity contribution in [3.63, 3.8) is 0 Å². The van der Waals surface area contributed by atoms with Crippen LogP contribution in [-0.4, -0.2) is 104 Å². The lowest BCUT2D eigenvalue weighted by Gasteiger charge is -2.41. The lowest BCUT2D eigenvalue weighted by atomic mass is 9.95. The van der Waals surface area contributed by atoms with Crippen LogP contribution in [0.4, 0.5) is 19.6 Å². The van der Waals surface area contributed by atoms with Gasteiger partial charge in [-0.15, -0.1) is 11.3 Å². The molecule has 16 nitrogen and oxygen atoms in total. The Balaban J connectivity index is 0.843. The summed E-state index contributed by atoms with van der Waals surface area (Å²) in [6, 6.07) is 13.1. The number of carbonyl (C=O) groups is 2. The number of benzene rings is 3. The van der Waals surface area contributed by atoms with E-state index in [1.807, 2.05) is 30.9 Å². The number of aryl methyl sites for hydroxylation is 1. The summed E-state index contributed by atoms with van der Waals surface area (Å²) in [5, 5.41) is 22.0. The van der Waals surface area contributed by atoms with E-state index in [0.717, 1.165) is 66.6 Å². The number of aliphatic hydroxyl groups excluding tert-OH is 1. The van der Waals surface area contributed by atoms with Crippen molar-refractivity contribution < 1.29 is 37.7 Å². The summed E-state index contributed by atoms with van der Waals surface area (Å²) in [6.07, 6.45) is 3.67. The fourth-order valence-electron chi connectivity index (χ4n) is 11.8. The van der Waals surface area contributed by atoms with E-state index in [1.165, 1.54) is 12.1 Å². The predicted octanol–water partition coefficient (Wildman–Crippen LogP) is 8.60. The van der Waals surface area contributed by atoms with Crippen molar-refractivity contribution in [2.45, 2.75) is 83.7 Å². The van der Waals surface area contributed by atoms with E-state index in [1.54, 1.807) is 34.6 Å². The van der Waals surface area contributed by atoms with Gasteiger partial charge >= 0.3 is 6.01 Å². The molecule has 3 fully saturated rings. The van der Waals surface area contributed by atoms with E-state index in [-0.39, 0.29) is 122 Å². The Kier molecular flexibility index (Phi) is 13.0. The lowest BCUT2D eigenvalue weighted by molar-refractivity contribution is -0.130. The highest BCUT2D eigenvalue weighted by molar-refractivity contribution is 7.23. The number of nitrogens with two attached hydrogens (primary N) is 1. The van der Waals surface area contributed by atoms with Crippen LogP contribution in [0.3, 0.4) is 0 Å². The van der Waals surface area contributed by atoms with E-state index in [9.17, 15) is 24.8 Å². The fraction of sp³-hybridized carbons (Fsp3) is 0.364. The smallest absolute Gasteiger partial charge is 0.319 e. The van der Waals surface area contributed by atoms with Crippen molar-refractivity contribution in [1.29, 1.82) is 5.26 Å². The number of amides is 1. The highest BCUT2D eigenvalue weighted by Crippen LogP contribution is 2.47. The highest BCUT2D eigenvalue weighted by atomic mass is 35.5. The Hall–Kier alpha value is -7.24. The first-order valence-electron chi connectivity index (χ1n) is 25.0. The number of rotatable bonds is 14. The largest absolute Gasteiger partial charge is 0.489 e. The van der Waals surface area contributed by atoms with Gasteiger partial charge in [0.2, 0.25) is 0 Å². The predicted molar refractivity (Wildman–Crippen MR) is 282 cm³/mol. The zero-order chi connectivity index (χ0) is 52.6. The van der Waals surface area contributed by atoms with Gasteiger partial charge in [-0.1, -0.05) is 31.2 Å². The number of ether oxygens (including phenoxy) is 3. The Morgan fingerprint density at radius 3 is 2.59 bits per heavy atom. The number of hydrogen-bond donors (Lipinski definition) is 2. The minimum absolute atomic E-state index is 0.00570. The van der Waals surface area contributed by atoms with E-state index < -0.39 is 17.7 Å². The number of carbonyl (C=O) groups excluding carboxylic acids is 2. The number of halogens is 3. The van der Waals surface area contributed by atoms with E-state index in [4.69, 9.17) is 41.5 Å². The summed E-state index contributed by atoms with van der Waals surface area (Å²) in [7, 11) is 0. The van der Waals surface area contributed by atoms with E-state index in [2.05, 4.69) is 22.5 Å². The topological polar surface area (TPSA) is 202 Å². The van der Waals surface area contributed by atoms with Gasteiger partial charge in [-0.05, 0) is 112 Å². The number of piperazine rings is 1. The number of thiophene rings is 1. The Morgan fingerprint density at radius 1 is 1.08 bits per heavy atom. The molecule has 8 heterocycles. The molecule has 2 unspecified atom stereocenters. The van der Waals surface area contributed by atoms with Crippen molar-refractivity contribution in [2.24, 2.45) is 0 Å². The first-order chi connectivity index (χ1) is 36.1. The number of nitrogens with zero attached hydrogens (tertiary/aromatic N) is 8. The van der Waals surface area contributed by atoms with E-state index in [0.29, 0.717) is 59.0 Å². The molecule has 4 aliphatic heterocycles. The average Bonchev–Trinajstić information content (AvgIpc) is 4.18. The Bertz CT molecular complexity index is 3660. The van der Waals surface area contributed by atoms with Crippen LogP contribution in [0.25, 0.3) is 54.4 Å². The van der Waals surface area contributed by atoms with Crippen LogP contribution in [0.15, 0.2) is 59.4 Å². The molecule has 0 bridgehead atoms. The van der Waals surface area contributed by atoms with Gasteiger partial charge in [-0.2, -0.15) is 15.2 Å². The van der Waals surface area contributed by atoms with Crippen molar-refractivity contribution in [2.75, 3.05) is 56.6 Å². The third kappa shape index (κ3) is 8.38. The van der Waals surface area contributed by atoms with Gasteiger partial charge in [-0.25, -0.2) is 13.8 Å². The number of nitrogen functional groups attached to an aromatic ring is 1. The number of hydrogen-bond acceptors (Lipinski definition) is 15. The molecule has 4 aromatic heterocycles. The minimum atomic E-state index is -0.984. The number of pyridine rings is 2. The summed E-state index contributed by atoms with van der Waals surface area (Å²) in [6.45, 7) is 12.9. The van der Waals surface area contributed by atoms with Crippen molar-refractivity contribution in [3.8, 4) is 40.3 Å². The van der Waals surface area contributed by atoms with Gasteiger partial charge < -0.3 is 39.4 Å². The SMILES string of the molecule is C=C(COc1ccc2nc3c(c(CC)c2c1)Cn1c-3cc(C(C)O)c(COC=O)c1=O)C(=O)N1CCN(c2nc(OCC34CCCN3CCC4)nc3c(F)c(-c4ccc(F)c5sc(N)c(C#N)c45)c(Cl)cc23)C(C)C1. The van der Waals surface area contributed by atoms with Gasteiger partial charge in [0.1, 0.15) is 53.8 Å². The highest BCUT2D eigenvalue weighted by Gasteiger charge is 2.45. The third-order valence-corrected chi connectivity index (χ3v) is 16.8. The second kappa shape index (κ2) is 19.5. The maximum absolute atomic E-state index is 17.5. The fourth-order valence-corrected chi connectivity index (χ4v) is 13.1. The van der Waals surface area contributed by atoms with Crippen LogP contribution in [0.1, 0.15) is 80.4 Å². The molecule has 1 amide bonds. The number of fused-ring (bicyclic) bond motifs is 7. The summed E-state index contributed by atoms with van der Waals surface area (Å²) in [5.41, 5.74) is 10.3. The monoisotopic (exact) mass is 1060 g/mol. The van der Waals surface area contributed by atoms with Gasteiger partial charge in [0.25, 0.3) is 17.9 Å². The second-order valence-electron chi connectivity index (χ2n) is 19.8. The molecule has 20 heteroatoms. The van der Waals surface area contributed by atoms with Crippen LogP contribution >= 0.6 is 22.9 Å². The third-order valence-electron chi connectivity index (χ3n) is 15.5. The quantitative estimate of drug-likeness (QED) is 0.0774. The molecule has 11 rings (SSSR count). The van der Waals surface area contributed by atoms with Crippen molar-refractivity contribution in [3.05, 3.63) is 109 Å². The molecule has 3 N–H and O–H groups in total. The number of aromatic nitrogens is 4. The van der Waals surface area contributed by atoms with Crippen molar-refractivity contribution in [1.82, 2.24) is 29.3 Å². The van der Waals surface area contributed by atoms with Crippen molar-refractivity contribution >= 4 is 78.0 Å². The molecule has 3 saturated heterocycles. The van der Waals surface area contributed by atoms with Gasteiger partial charge in [-0.3, -0.25) is 19.3 Å². The minimum Gasteiger partial charge on any atom is -0.489 e. The maximum Gasteiger partial charge on any atom is 0.319 e. The molecule has 2 atom stereocenters. The zero-order valence-corrected chi connectivity index (χ0v) is 43.0. The average molecular weight is 1060 g/mol. The molecule has 0 saturated carbocycles. The lowest BCUT2D eigenvalue weighted by Crippen LogP contribution is -2.54. The van der Waals surface area contributed by atoms with Gasteiger partial charge in [0.05, 0.1) is 55.9 Å². The van der Waals surface area contributed by atoms with Gasteiger partial charge in [0.15, 0.2) is 5.82 Å². The molecule has 0 radical (unpaired) electrons.